The zero-order valence-corrected chi connectivity index (χ0v) is 22.1. The summed E-state index contributed by atoms with van der Waals surface area (Å²) in [5.41, 5.74) is 3.50. The third-order valence-corrected chi connectivity index (χ3v) is 7.12. The van der Waals surface area contributed by atoms with Gasteiger partial charge in [0.2, 0.25) is 0 Å². The highest BCUT2D eigenvalue weighted by atomic mass is 32.1. The summed E-state index contributed by atoms with van der Waals surface area (Å²) >= 11 is 1.29. The largest absolute Gasteiger partial charge is 0.493 e. The summed E-state index contributed by atoms with van der Waals surface area (Å²) < 4.78 is 18.2. The fourth-order valence-electron chi connectivity index (χ4n) is 4.26. The van der Waals surface area contributed by atoms with Gasteiger partial charge in [-0.25, -0.2) is 9.79 Å². The fraction of sp³-hybridized carbons (Fsp3) is 0.321. The zero-order chi connectivity index (χ0) is 26.0. The summed E-state index contributed by atoms with van der Waals surface area (Å²) in [5.74, 6) is 1.08. The molecular weight excluding hydrogens is 476 g/mol. The lowest BCUT2D eigenvalue weighted by Gasteiger charge is -2.25. The SMILES string of the molecule is CCOC(=O)C1=C(C)N=c2sc(=Cc3ccc(OC)c(OC)c3)c(=O)n2C1c1ccc(C(C)C)cc1. The van der Waals surface area contributed by atoms with Crippen molar-refractivity contribution >= 4 is 23.4 Å². The molecule has 2 aromatic carbocycles. The van der Waals surface area contributed by atoms with Gasteiger partial charge < -0.3 is 14.2 Å². The summed E-state index contributed by atoms with van der Waals surface area (Å²) in [5, 5.41) is 0. The van der Waals surface area contributed by atoms with E-state index >= 15 is 0 Å². The molecule has 0 amide bonds. The molecule has 0 spiro atoms. The molecular formula is C28H30N2O5S. The first-order chi connectivity index (χ1) is 17.3. The Morgan fingerprint density at radius 2 is 1.81 bits per heavy atom. The normalized spacial score (nSPS) is 15.5. The maximum Gasteiger partial charge on any atom is 0.338 e. The highest BCUT2D eigenvalue weighted by Crippen LogP contribution is 2.32. The van der Waals surface area contributed by atoms with E-state index in [1.165, 1.54) is 16.9 Å². The molecule has 8 heteroatoms. The summed E-state index contributed by atoms with van der Waals surface area (Å²) in [4.78, 5) is 31.9. The van der Waals surface area contributed by atoms with Crippen LogP contribution in [-0.2, 0) is 9.53 Å². The smallest absolute Gasteiger partial charge is 0.338 e. The first-order valence-electron chi connectivity index (χ1n) is 11.8. The van der Waals surface area contributed by atoms with E-state index in [0.29, 0.717) is 38.0 Å². The van der Waals surface area contributed by atoms with Crippen molar-refractivity contribution in [3.8, 4) is 11.5 Å². The van der Waals surface area contributed by atoms with Crippen LogP contribution in [-0.4, -0.2) is 31.4 Å². The van der Waals surface area contributed by atoms with Crippen LogP contribution in [0.1, 0.15) is 56.3 Å². The highest BCUT2D eigenvalue weighted by Gasteiger charge is 2.33. The third-order valence-electron chi connectivity index (χ3n) is 6.14. The van der Waals surface area contributed by atoms with E-state index in [1.54, 1.807) is 44.8 Å². The van der Waals surface area contributed by atoms with Crippen LogP contribution >= 0.6 is 11.3 Å². The van der Waals surface area contributed by atoms with E-state index in [0.717, 1.165) is 11.1 Å². The number of methoxy groups -OCH3 is 2. The average molecular weight is 507 g/mol. The molecule has 1 aliphatic rings. The van der Waals surface area contributed by atoms with E-state index in [4.69, 9.17) is 14.2 Å². The molecule has 1 aliphatic heterocycles. The molecule has 0 saturated heterocycles. The van der Waals surface area contributed by atoms with Gasteiger partial charge in [0.25, 0.3) is 5.56 Å². The van der Waals surface area contributed by atoms with E-state index in [9.17, 15) is 9.59 Å². The predicted molar refractivity (Wildman–Crippen MR) is 140 cm³/mol. The molecule has 36 heavy (non-hydrogen) atoms. The van der Waals surface area contributed by atoms with Gasteiger partial charge >= 0.3 is 5.97 Å². The van der Waals surface area contributed by atoms with Crippen molar-refractivity contribution in [2.24, 2.45) is 4.99 Å². The van der Waals surface area contributed by atoms with E-state index in [1.807, 2.05) is 36.4 Å². The number of fused-ring (bicyclic) bond motifs is 1. The minimum absolute atomic E-state index is 0.222. The number of esters is 1. The second-order valence-electron chi connectivity index (χ2n) is 8.74. The van der Waals surface area contributed by atoms with Gasteiger partial charge in [-0.2, -0.15) is 0 Å². The van der Waals surface area contributed by atoms with Gasteiger partial charge in [0.05, 0.1) is 42.7 Å². The van der Waals surface area contributed by atoms with E-state index in [2.05, 4.69) is 18.8 Å². The van der Waals surface area contributed by atoms with Crippen molar-refractivity contribution in [2.45, 2.75) is 39.7 Å². The number of thiazole rings is 1. The van der Waals surface area contributed by atoms with Crippen molar-refractivity contribution in [2.75, 3.05) is 20.8 Å². The molecule has 188 valence electrons. The van der Waals surface area contributed by atoms with Crippen LogP contribution < -0.4 is 24.4 Å². The van der Waals surface area contributed by atoms with Gasteiger partial charge in [0, 0.05) is 0 Å². The topological polar surface area (TPSA) is 79.1 Å². The Bertz CT molecular complexity index is 1500. The van der Waals surface area contributed by atoms with Gasteiger partial charge in [0.1, 0.15) is 0 Å². The van der Waals surface area contributed by atoms with Crippen molar-refractivity contribution in [1.29, 1.82) is 0 Å². The number of aromatic nitrogens is 1. The fourth-order valence-corrected chi connectivity index (χ4v) is 5.31. The predicted octanol–water partition coefficient (Wildman–Crippen LogP) is 3.94. The van der Waals surface area contributed by atoms with Crippen molar-refractivity contribution in [3.05, 3.63) is 90.1 Å². The molecule has 0 saturated carbocycles. The van der Waals surface area contributed by atoms with Crippen LogP contribution in [0.5, 0.6) is 11.5 Å². The maximum atomic E-state index is 13.7. The average Bonchev–Trinajstić information content (AvgIpc) is 3.17. The summed E-state index contributed by atoms with van der Waals surface area (Å²) in [7, 11) is 3.15. The monoisotopic (exact) mass is 506 g/mol. The number of carbonyl (C=O) groups is 1. The Morgan fingerprint density at radius 3 is 2.42 bits per heavy atom. The van der Waals surface area contributed by atoms with Gasteiger partial charge in [-0.05, 0) is 54.7 Å². The van der Waals surface area contributed by atoms with Crippen LogP contribution in [0.15, 0.2) is 63.5 Å². The van der Waals surface area contributed by atoms with Crippen LogP contribution in [0.3, 0.4) is 0 Å². The van der Waals surface area contributed by atoms with E-state index < -0.39 is 12.0 Å². The lowest BCUT2D eigenvalue weighted by molar-refractivity contribution is -0.139. The number of rotatable bonds is 7. The number of hydrogen-bond donors (Lipinski definition) is 0. The number of ether oxygens (including phenoxy) is 3. The van der Waals surface area contributed by atoms with Gasteiger partial charge in [-0.3, -0.25) is 9.36 Å². The van der Waals surface area contributed by atoms with Crippen molar-refractivity contribution < 1.29 is 19.0 Å². The second-order valence-corrected chi connectivity index (χ2v) is 9.75. The molecule has 1 unspecified atom stereocenters. The quantitative estimate of drug-likeness (QED) is 0.454. The first-order valence-corrected chi connectivity index (χ1v) is 12.6. The van der Waals surface area contributed by atoms with Crippen LogP contribution in [0.4, 0.5) is 0 Å². The summed E-state index contributed by atoms with van der Waals surface area (Å²) in [6.07, 6.45) is 1.80. The molecule has 2 heterocycles. The minimum atomic E-state index is -0.630. The van der Waals surface area contributed by atoms with E-state index in [-0.39, 0.29) is 12.2 Å². The van der Waals surface area contributed by atoms with Crippen molar-refractivity contribution in [1.82, 2.24) is 4.57 Å². The molecule has 0 radical (unpaired) electrons. The molecule has 1 aromatic heterocycles. The third kappa shape index (κ3) is 4.73. The van der Waals surface area contributed by atoms with Crippen LogP contribution in [0.25, 0.3) is 6.08 Å². The minimum Gasteiger partial charge on any atom is -0.493 e. The molecule has 3 aromatic rings. The van der Waals surface area contributed by atoms with Crippen LogP contribution in [0, 0.1) is 0 Å². The Labute approximate surface area is 214 Å². The Hall–Kier alpha value is -3.65. The molecule has 1 atom stereocenters. The number of nitrogens with zero attached hydrogens (tertiary/aromatic N) is 2. The molecule has 0 bridgehead atoms. The van der Waals surface area contributed by atoms with Gasteiger partial charge in [-0.1, -0.05) is 55.5 Å². The summed E-state index contributed by atoms with van der Waals surface area (Å²) in [6, 6.07) is 12.9. The summed E-state index contributed by atoms with van der Waals surface area (Å²) in [6.45, 7) is 8.03. The number of carbonyl (C=O) groups excluding carboxylic acids is 1. The van der Waals surface area contributed by atoms with Crippen LogP contribution in [0.2, 0.25) is 0 Å². The second kappa shape index (κ2) is 10.5. The molecule has 0 fully saturated rings. The molecule has 0 N–H and O–H groups in total. The van der Waals surface area contributed by atoms with Crippen molar-refractivity contribution in [3.63, 3.8) is 0 Å². The first kappa shape index (κ1) is 25.4. The maximum absolute atomic E-state index is 13.7. The number of benzene rings is 2. The lowest BCUT2D eigenvalue weighted by atomic mass is 9.93. The lowest BCUT2D eigenvalue weighted by Crippen LogP contribution is -2.39. The Balaban J connectivity index is 1.91. The Kier molecular flexibility index (Phi) is 7.45. The van der Waals surface area contributed by atoms with Gasteiger partial charge in [-0.15, -0.1) is 0 Å². The Morgan fingerprint density at radius 1 is 1.11 bits per heavy atom. The molecule has 4 rings (SSSR count). The molecule has 0 aliphatic carbocycles. The highest BCUT2D eigenvalue weighted by molar-refractivity contribution is 7.07. The standard InChI is InChI=1S/C28H30N2O5S/c1-7-35-27(32)24-17(4)29-28-30(25(24)20-11-9-19(10-12-20)16(2)3)26(31)23(36-28)15-18-8-13-21(33-5)22(14-18)34-6/h8-16,25H,7H2,1-6H3. The van der Waals surface area contributed by atoms with Gasteiger partial charge in [0.15, 0.2) is 16.3 Å². The number of allylic oxidation sites excluding steroid dienone is 1. The molecule has 7 nitrogen and oxygen atoms in total. The number of hydrogen-bond acceptors (Lipinski definition) is 7. The zero-order valence-electron chi connectivity index (χ0n) is 21.3.